The second kappa shape index (κ2) is 27.1. The molecule has 0 spiro atoms. The summed E-state index contributed by atoms with van der Waals surface area (Å²) in [6.07, 6.45) is 0. The molecular formula is C106H67N3S3. The molecule has 18 aromatic carbocycles. The van der Waals surface area contributed by atoms with Crippen LogP contribution in [0.4, 0.5) is 0 Å². The minimum atomic E-state index is 1.17. The van der Waals surface area contributed by atoms with Crippen LogP contribution in [-0.2, 0) is 0 Å². The van der Waals surface area contributed by atoms with Crippen LogP contribution in [0.2, 0.25) is 0 Å². The van der Waals surface area contributed by atoms with Crippen molar-refractivity contribution in [1.82, 2.24) is 13.7 Å². The quantitative estimate of drug-likeness (QED) is 0.144. The van der Waals surface area contributed by atoms with Crippen LogP contribution in [0.3, 0.4) is 0 Å². The number of aromatic nitrogens is 3. The summed E-state index contributed by atoms with van der Waals surface area (Å²) in [4.78, 5) is 0. The zero-order valence-electron chi connectivity index (χ0n) is 60.7. The van der Waals surface area contributed by atoms with Gasteiger partial charge in [-0.25, -0.2) is 0 Å². The molecule has 0 amide bonds. The van der Waals surface area contributed by atoms with E-state index >= 15 is 0 Å². The molecule has 0 aliphatic carbocycles. The molecule has 0 saturated heterocycles. The van der Waals surface area contributed by atoms with E-state index in [9.17, 15) is 0 Å². The summed E-state index contributed by atoms with van der Waals surface area (Å²) < 4.78 is 15.3. The number of hydrogen-bond donors (Lipinski definition) is 0. The molecule has 3 nitrogen and oxygen atoms in total. The number of fused-ring (bicyclic) bond motifs is 19. The van der Waals surface area contributed by atoms with Crippen molar-refractivity contribution in [3.05, 3.63) is 406 Å². The van der Waals surface area contributed by atoms with Crippen molar-refractivity contribution in [2.75, 3.05) is 0 Å². The zero-order valence-corrected chi connectivity index (χ0v) is 63.2. The summed E-state index contributed by atoms with van der Waals surface area (Å²) in [5.74, 6) is 0. The largest absolute Gasteiger partial charge is 0.309 e. The Hall–Kier alpha value is -13.7. The van der Waals surface area contributed by atoms with E-state index in [0.717, 1.165) is 0 Å². The predicted octanol–water partition coefficient (Wildman–Crippen LogP) is 30.9. The first-order valence-corrected chi connectivity index (χ1v) is 40.6. The number of hydrogen-bond acceptors (Lipinski definition) is 3. The van der Waals surface area contributed by atoms with Gasteiger partial charge in [0.05, 0.1) is 38.8 Å². The highest BCUT2D eigenvalue weighted by Crippen LogP contribution is 2.47. The summed E-state index contributed by atoms with van der Waals surface area (Å²) in [6.45, 7) is 0. The van der Waals surface area contributed by atoms with Crippen molar-refractivity contribution in [3.63, 3.8) is 0 Å². The monoisotopic (exact) mass is 1480 g/mol. The van der Waals surface area contributed by atoms with Gasteiger partial charge in [0.1, 0.15) is 0 Å². The van der Waals surface area contributed by atoms with Crippen LogP contribution in [0.25, 0.3) is 209 Å². The molecule has 112 heavy (non-hydrogen) atoms. The third-order valence-corrected chi connectivity index (χ3v) is 26.3. The predicted molar refractivity (Wildman–Crippen MR) is 486 cm³/mol. The maximum atomic E-state index is 2.47. The fourth-order valence-electron chi connectivity index (χ4n) is 17.5. The SMILES string of the molecule is c1ccc(-c2ccc(-n3c4ccccc4c4ccc(-c5cccc6c5sc5ccccc56)cc43)c3ccccc23)cc1.c1ccc(-c2ccc(-n3c4ccccc4c4ccc(-c5cccc6c5sc5ccccc56)cc43)cc2)cc1.c1ccc(-n2c3ccccc3c3ccc(-c4cccc5c4sc4ccccc45)cc32)cc1. The Balaban J connectivity index is 0.000000104. The molecule has 0 fully saturated rings. The average Bonchev–Trinajstić information content (AvgIpc) is 1.59. The lowest BCUT2D eigenvalue weighted by molar-refractivity contribution is 1.18. The molecule has 0 atom stereocenters. The second-order valence-electron chi connectivity index (χ2n) is 28.9. The van der Waals surface area contributed by atoms with Crippen molar-refractivity contribution in [3.8, 4) is 72.7 Å². The number of thiophene rings is 3. The van der Waals surface area contributed by atoms with E-state index in [0.29, 0.717) is 0 Å². The van der Waals surface area contributed by atoms with E-state index in [1.165, 1.54) is 209 Å². The van der Waals surface area contributed by atoms with Crippen molar-refractivity contribution in [2.45, 2.75) is 0 Å². The summed E-state index contributed by atoms with van der Waals surface area (Å²) in [5, 5.41) is 18.2. The van der Waals surface area contributed by atoms with Gasteiger partial charge >= 0.3 is 0 Å². The van der Waals surface area contributed by atoms with Crippen molar-refractivity contribution < 1.29 is 0 Å². The number of rotatable bonds is 8. The minimum Gasteiger partial charge on any atom is -0.309 e. The standard InChI is InChI=1S/C40H25NS.C36H23NS.C30H19NS/c1-2-11-26(12-3-1)28-23-24-37(31-14-5-4-13-30(28)31)41-36-19-8-6-15-32(36)33-22-21-27(25-38(33)41)29-17-10-18-35-34-16-7-9-20-39(34)42-40(29)35;1-2-9-24(10-3-1)25-17-20-27(21-18-25)37-33-15-6-4-11-29(33)30-22-19-26(23-34(30)37)28-13-8-14-32-31-12-5-7-16-35(31)38-36(28)32;1-2-9-21(10-3-1)31-27-15-6-4-11-23(27)24-18-17-20(19-28(24)31)22-13-8-14-26-25-12-5-7-16-29(25)32-30(22)26/h1-25H;1-23H;1-19H. The van der Waals surface area contributed by atoms with Gasteiger partial charge in [0.2, 0.25) is 0 Å². The Morgan fingerprint density at radius 1 is 0.152 bits per heavy atom. The highest BCUT2D eigenvalue weighted by molar-refractivity contribution is 7.27. The molecule has 0 saturated carbocycles. The van der Waals surface area contributed by atoms with E-state index < -0.39 is 0 Å². The highest BCUT2D eigenvalue weighted by atomic mass is 32.1. The molecule has 6 heteroatoms. The van der Waals surface area contributed by atoms with Crippen molar-refractivity contribution in [2.24, 2.45) is 0 Å². The molecule has 0 N–H and O–H groups in total. The van der Waals surface area contributed by atoms with Gasteiger partial charge < -0.3 is 13.7 Å². The second-order valence-corrected chi connectivity index (χ2v) is 32.0. The van der Waals surface area contributed by atoms with E-state index in [1.54, 1.807) is 0 Å². The molecule has 0 bridgehead atoms. The van der Waals surface area contributed by atoms with Crippen LogP contribution < -0.4 is 0 Å². The van der Waals surface area contributed by atoms with Crippen LogP contribution in [0.15, 0.2) is 406 Å². The first kappa shape index (κ1) is 65.4. The van der Waals surface area contributed by atoms with Gasteiger partial charge in [-0.05, 0) is 146 Å². The Kier molecular flexibility index (Phi) is 15.8. The Morgan fingerprint density at radius 2 is 0.455 bits per heavy atom. The minimum absolute atomic E-state index is 1.17. The van der Waals surface area contributed by atoms with E-state index in [2.05, 4.69) is 420 Å². The fraction of sp³-hybridized carbons (Fsp3) is 0. The van der Waals surface area contributed by atoms with Crippen LogP contribution >= 0.6 is 34.0 Å². The van der Waals surface area contributed by atoms with Gasteiger partial charge in [-0.2, -0.15) is 0 Å². The Morgan fingerprint density at radius 3 is 0.893 bits per heavy atom. The fourth-order valence-corrected chi connectivity index (χ4v) is 21.2. The lowest BCUT2D eigenvalue weighted by Gasteiger charge is -2.15. The molecule has 6 heterocycles. The first-order valence-electron chi connectivity index (χ1n) is 38.2. The summed E-state index contributed by atoms with van der Waals surface area (Å²) in [5.41, 5.74) is 23.6. The van der Waals surface area contributed by atoms with Gasteiger partial charge in [0, 0.05) is 110 Å². The normalized spacial score (nSPS) is 11.8. The summed E-state index contributed by atoms with van der Waals surface area (Å²) in [6, 6.07) is 148. The molecule has 524 valence electrons. The van der Waals surface area contributed by atoms with Crippen molar-refractivity contribution in [1.29, 1.82) is 0 Å². The molecule has 0 radical (unpaired) electrons. The topological polar surface area (TPSA) is 14.8 Å². The smallest absolute Gasteiger partial charge is 0.0547 e. The number of benzene rings is 18. The molecule has 6 aromatic heterocycles. The first-order chi connectivity index (χ1) is 55.6. The van der Waals surface area contributed by atoms with Crippen LogP contribution in [0.5, 0.6) is 0 Å². The van der Waals surface area contributed by atoms with E-state index in [4.69, 9.17) is 0 Å². The third-order valence-electron chi connectivity index (χ3n) is 22.6. The van der Waals surface area contributed by atoms with Gasteiger partial charge in [-0.1, -0.05) is 322 Å². The van der Waals surface area contributed by atoms with Crippen LogP contribution in [0, 0.1) is 0 Å². The maximum absolute atomic E-state index is 2.47. The maximum Gasteiger partial charge on any atom is 0.0547 e. The zero-order chi connectivity index (χ0) is 73.7. The highest BCUT2D eigenvalue weighted by Gasteiger charge is 2.22. The van der Waals surface area contributed by atoms with Gasteiger partial charge in [-0.15, -0.1) is 34.0 Å². The van der Waals surface area contributed by atoms with Crippen LogP contribution in [0.1, 0.15) is 0 Å². The van der Waals surface area contributed by atoms with E-state index in [-0.39, 0.29) is 0 Å². The average molecular weight is 1480 g/mol. The third kappa shape index (κ3) is 10.9. The van der Waals surface area contributed by atoms with Gasteiger partial charge in [-0.3, -0.25) is 0 Å². The van der Waals surface area contributed by atoms with Gasteiger partial charge in [0.15, 0.2) is 0 Å². The molecular weight excluding hydrogens is 1410 g/mol. The lowest BCUT2D eigenvalue weighted by atomic mass is 9.97. The Labute approximate surface area is 658 Å². The number of para-hydroxylation sites is 4. The van der Waals surface area contributed by atoms with Gasteiger partial charge in [0.25, 0.3) is 0 Å². The lowest BCUT2D eigenvalue weighted by Crippen LogP contribution is -1.96. The number of nitrogens with zero attached hydrogens (tertiary/aromatic N) is 3. The Bertz CT molecular complexity index is 7800. The molecule has 0 unspecified atom stereocenters. The molecule has 0 aliphatic heterocycles. The molecule has 0 aliphatic rings. The summed E-state index contributed by atoms with van der Waals surface area (Å²) >= 11 is 5.66. The van der Waals surface area contributed by atoms with Crippen molar-refractivity contribution >= 4 is 171 Å². The van der Waals surface area contributed by atoms with E-state index in [1.807, 2.05) is 34.0 Å². The summed E-state index contributed by atoms with van der Waals surface area (Å²) in [7, 11) is 0. The van der Waals surface area contributed by atoms with Crippen LogP contribution in [-0.4, -0.2) is 13.7 Å². The molecule has 24 aromatic rings. The molecule has 24 rings (SSSR count).